The van der Waals surface area contributed by atoms with Gasteiger partial charge in [-0.3, -0.25) is 14.9 Å². The van der Waals surface area contributed by atoms with E-state index in [1.165, 1.54) is 36.9 Å². The molecule has 234 valence electrons. The highest BCUT2D eigenvalue weighted by Crippen LogP contribution is 2.35. The van der Waals surface area contributed by atoms with Gasteiger partial charge < -0.3 is 10.3 Å². The minimum absolute atomic E-state index is 0.0654. The SMILES string of the molecule is CS(=O)(=O)CCc1cc(F)cc(-c2ccnc3[nH]c(-c4n[nH]c5ncc(-c6cncc(NC(=O)c7ccccc7)c6)c(F)c45)nc23)c1. The lowest BCUT2D eigenvalue weighted by molar-refractivity contribution is 0.102. The van der Waals surface area contributed by atoms with Crippen LogP contribution in [0.2, 0.25) is 0 Å². The van der Waals surface area contributed by atoms with Crippen LogP contribution >= 0.6 is 0 Å². The number of aromatic amines is 2. The van der Waals surface area contributed by atoms with Crippen LogP contribution in [0.5, 0.6) is 0 Å². The first-order valence-electron chi connectivity index (χ1n) is 14.3. The Morgan fingerprint density at radius 3 is 2.55 bits per heavy atom. The number of halogens is 2. The molecule has 0 aliphatic rings. The van der Waals surface area contributed by atoms with E-state index >= 15 is 4.39 Å². The van der Waals surface area contributed by atoms with Gasteiger partial charge in [0.2, 0.25) is 0 Å². The average Bonchev–Trinajstić information content (AvgIpc) is 3.69. The van der Waals surface area contributed by atoms with E-state index in [4.69, 9.17) is 0 Å². The van der Waals surface area contributed by atoms with Crippen molar-refractivity contribution in [3.63, 3.8) is 0 Å². The van der Waals surface area contributed by atoms with Crippen LogP contribution in [-0.4, -0.2) is 61.5 Å². The highest BCUT2D eigenvalue weighted by Gasteiger charge is 2.22. The number of pyridine rings is 3. The fourth-order valence-electron chi connectivity index (χ4n) is 5.28. The van der Waals surface area contributed by atoms with Gasteiger partial charge in [-0.25, -0.2) is 32.2 Å². The van der Waals surface area contributed by atoms with Gasteiger partial charge in [-0.05, 0) is 53.9 Å². The number of imidazole rings is 1. The standard InChI is InChI=1S/C33H24F2N8O3S/c1-47(45,46)10-8-18-11-20(13-22(34)12-18)24-7-9-37-31-28(24)40-32(41-31)29-26-27(35)25(17-38-30(26)43-42-29)21-14-23(16-36-15-21)39-33(44)19-5-3-2-4-6-19/h2-7,9,11-17H,8,10H2,1H3,(H,39,44)(H,37,40,41)(H,38,42,43). The van der Waals surface area contributed by atoms with Crippen LogP contribution in [0, 0.1) is 11.6 Å². The Morgan fingerprint density at radius 1 is 0.915 bits per heavy atom. The molecule has 47 heavy (non-hydrogen) atoms. The van der Waals surface area contributed by atoms with Crippen LogP contribution in [0.4, 0.5) is 14.5 Å². The van der Waals surface area contributed by atoms with E-state index in [9.17, 15) is 17.6 Å². The first-order valence-corrected chi connectivity index (χ1v) is 16.4. The Bertz CT molecular complexity index is 2430. The second kappa shape index (κ2) is 11.8. The quantitative estimate of drug-likeness (QED) is 0.188. The largest absolute Gasteiger partial charge is 0.321 e. The van der Waals surface area contributed by atoms with Gasteiger partial charge in [0.05, 0.1) is 23.0 Å². The number of anilines is 1. The van der Waals surface area contributed by atoms with Crippen LogP contribution in [0.25, 0.3) is 56.0 Å². The number of nitrogens with one attached hydrogen (secondary N) is 3. The number of H-pyrrole nitrogens is 2. The van der Waals surface area contributed by atoms with E-state index in [1.807, 2.05) is 6.07 Å². The zero-order valence-electron chi connectivity index (χ0n) is 24.6. The van der Waals surface area contributed by atoms with Crippen LogP contribution in [-0.2, 0) is 16.3 Å². The van der Waals surface area contributed by atoms with Gasteiger partial charge in [-0.1, -0.05) is 24.3 Å². The summed E-state index contributed by atoms with van der Waals surface area (Å²) >= 11 is 0. The summed E-state index contributed by atoms with van der Waals surface area (Å²) in [6.45, 7) is 0. The van der Waals surface area contributed by atoms with Gasteiger partial charge >= 0.3 is 0 Å². The van der Waals surface area contributed by atoms with Gasteiger partial charge in [-0.2, -0.15) is 5.10 Å². The van der Waals surface area contributed by atoms with E-state index in [1.54, 1.807) is 42.5 Å². The number of nitrogens with zero attached hydrogens (tertiary/aromatic N) is 5. The summed E-state index contributed by atoms with van der Waals surface area (Å²) in [6.07, 6.45) is 7.08. The van der Waals surface area contributed by atoms with E-state index in [2.05, 4.69) is 40.4 Å². The Labute approximate surface area is 266 Å². The summed E-state index contributed by atoms with van der Waals surface area (Å²) in [5.41, 5.74) is 3.93. The first kappa shape index (κ1) is 29.8. The second-order valence-electron chi connectivity index (χ2n) is 10.9. The molecule has 7 rings (SSSR count). The molecule has 0 unspecified atom stereocenters. The molecule has 3 N–H and O–H groups in total. The molecule has 0 saturated carbocycles. The lowest BCUT2D eigenvalue weighted by atomic mass is 10.0. The van der Waals surface area contributed by atoms with Gasteiger partial charge in [0, 0.05) is 47.1 Å². The fraction of sp³-hybridized carbons (Fsp3) is 0.0909. The maximum atomic E-state index is 16.3. The summed E-state index contributed by atoms with van der Waals surface area (Å²) in [5.74, 6) is -1.42. The minimum Gasteiger partial charge on any atom is -0.321 e. The number of amides is 1. The van der Waals surface area contributed by atoms with Crippen molar-refractivity contribution in [1.29, 1.82) is 0 Å². The second-order valence-corrected chi connectivity index (χ2v) is 13.2. The monoisotopic (exact) mass is 650 g/mol. The summed E-state index contributed by atoms with van der Waals surface area (Å²) < 4.78 is 54.3. The Morgan fingerprint density at radius 2 is 1.74 bits per heavy atom. The van der Waals surface area contributed by atoms with Crippen molar-refractivity contribution < 1.29 is 22.0 Å². The number of aryl methyl sites for hydroxylation is 1. The first-order chi connectivity index (χ1) is 22.6. The molecule has 0 radical (unpaired) electrons. The number of hydrogen-bond donors (Lipinski definition) is 3. The molecule has 14 heteroatoms. The number of carbonyl (C=O) groups excluding carboxylic acids is 1. The van der Waals surface area contributed by atoms with E-state index in [0.717, 1.165) is 6.26 Å². The Hall–Kier alpha value is -5.89. The third kappa shape index (κ3) is 6.05. The molecule has 0 atom stereocenters. The summed E-state index contributed by atoms with van der Waals surface area (Å²) in [4.78, 5) is 33.3. The highest BCUT2D eigenvalue weighted by atomic mass is 32.2. The molecule has 5 aromatic heterocycles. The fourth-order valence-corrected chi connectivity index (χ4v) is 5.89. The number of rotatable bonds is 8. The Kier molecular flexibility index (Phi) is 7.48. The number of benzene rings is 2. The zero-order valence-corrected chi connectivity index (χ0v) is 25.4. The maximum Gasteiger partial charge on any atom is 0.255 e. The van der Waals surface area contributed by atoms with Crippen molar-refractivity contribution in [3.05, 3.63) is 108 Å². The van der Waals surface area contributed by atoms with Crippen molar-refractivity contribution in [2.45, 2.75) is 6.42 Å². The van der Waals surface area contributed by atoms with Crippen molar-refractivity contribution >= 4 is 43.6 Å². The molecule has 7 aromatic rings. The van der Waals surface area contributed by atoms with Crippen LogP contribution in [0.1, 0.15) is 15.9 Å². The average molecular weight is 651 g/mol. The molecule has 0 fully saturated rings. The van der Waals surface area contributed by atoms with Crippen LogP contribution in [0.15, 0.2) is 85.5 Å². The number of hydrogen-bond acceptors (Lipinski definition) is 8. The molecular weight excluding hydrogens is 626 g/mol. The molecule has 11 nitrogen and oxygen atoms in total. The molecule has 0 spiro atoms. The number of sulfone groups is 1. The maximum absolute atomic E-state index is 16.3. The van der Waals surface area contributed by atoms with Crippen LogP contribution < -0.4 is 5.32 Å². The molecule has 5 heterocycles. The molecular formula is C33H24F2N8O3S. The number of carbonyl (C=O) groups is 1. The van der Waals surface area contributed by atoms with Gasteiger partial charge in [0.25, 0.3) is 5.91 Å². The summed E-state index contributed by atoms with van der Waals surface area (Å²) in [6, 6.07) is 16.3. The summed E-state index contributed by atoms with van der Waals surface area (Å²) in [7, 11) is -3.24. The predicted molar refractivity (Wildman–Crippen MR) is 173 cm³/mol. The zero-order chi connectivity index (χ0) is 32.7. The molecule has 0 aliphatic carbocycles. The smallest absolute Gasteiger partial charge is 0.255 e. The van der Waals surface area contributed by atoms with E-state index in [-0.39, 0.29) is 46.2 Å². The van der Waals surface area contributed by atoms with E-state index < -0.39 is 21.5 Å². The Balaban J connectivity index is 1.25. The highest BCUT2D eigenvalue weighted by molar-refractivity contribution is 7.90. The predicted octanol–water partition coefficient (Wildman–Crippen LogP) is 5.74. The molecule has 0 bridgehead atoms. The third-order valence-corrected chi connectivity index (χ3v) is 8.45. The van der Waals surface area contributed by atoms with Crippen LogP contribution in [0.3, 0.4) is 0 Å². The van der Waals surface area contributed by atoms with Crippen molar-refractivity contribution in [3.8, 4) is 33.8 Å². The van der Waals surface area contributed by atoms with Crippen molar-refractivity contribution in [2.75, 3.05) is 17.3 Å². The van der Waals surface area contributed by atoms with Crippen molar-refractivity contribution in [1.82, 2.24) is 35.1 Å². The molecule has 0 saturated heterocycles. The molecule has 0 aliphatic heterocycles. The van der Waals surface area contributed by atoms with Gasteiger partial charge in [0.1, 0.15) is 32.7 Å². The lowest BCUT2D eigenvalue weighted by Crippen LogP contribution is -2.11. The number of fused-ring (bicyclic) bond motifs is 2. The summed E-state index contributed by atoms with van der Waals surface area (Å²) in [5, 5.41) is 9.87. The van der Waals surface area contributed by atoms with Gasteiger partial charge in [0.15, 0.2) is 17.1 Å². The molecule has 2 aromatic carbocycles. The number of aromatic nitrogens is 7. The van der Waals surface area contributed by atoms with Gasteiger partial charge in [-0.15, -0.1) is 0 Å². The normalized spacial score (nSPS) is 11.7. The van der Waals surface area contributed by atoms with E-state index in [0.29, 0.717) is 44.7 Å². The van der Waals surface area contributed by atoms with Crippen molar-refractivity contribution in [2.24, 2.45) is 0 Å². The molecule has 1 amide bonds. The minimum atomic E-state index is -3.24. The topological polar surface area (TPSA) is 159 Å². The third-order valence-electron chi connectivity index (χ3n) is 7.51. The lowest BCUT2D eigenvalue weighted by Gasteiger charge is -2.08.